The van der Waals surface area contributed by atoms with Crippen LogP contribution >= 0.6 is 11.6 Å². The van der Waals surface area contributed by atoms with Crippen LogP contribution < -0.4 is 15.9 Å². The fourth-order valence-corrected chi connectivity index (χ4v) is 3.23. The van der Waals surface area contributed by atoms with Crippen molar-refractivity contribution in [3.8, 4) is 11.6 Å². The van der Waals surface area contributed by atoms with Gasteiger partial charge in [-0.25, -0.2) is 4.98 Å². The maximum absolute atomic E-state index is 10.5. The molecule has 0 fully saturated rings. The summed E-state index contributed by atoms with van der Waals surface area (Å²) in [5.74, 6) is 0.809. The smallest absolute Gasteiger partial charge is 0.222 e. The van der Waals surface area contributed by atoms with Crippen molar-refractivity contribution in [2.75, 3.05) is 13.7 Å². The molecule has 1 aliphatic heterocycles. The summed E-state index contributed by atoms with van der Waals surface area (Å²) in [6.45, 7) is 0.690. The highest BCUT2D eigenvalue weighted by Gasteiger charge is 2.21. The third-order valence-corrected chi connectivity index (χ3v) is 4.85. The van der Waals surface area contributed by atoms with Gasteiger partial charge in [-0.2, -0.15) is 10.1 Å². The lowest BCUT2D eigenvalue weighted by atomic mass is 9.98. The number of nitrogens with zero attached hydrogens (tertiary/aromatic N) is 3. The molecule has 8 heteroatoms. The lowest BCUT2D eigenvalue weighted by Crippen LogP contribution is -2.16. The highest BCUT2D eigenvalue weighted by Crippen LogP contribution is 2.34. The second kappa shape index (κ2) is 7.02. The zero-order chi connectivity index (χ0) is 19.0. The number of fused-ring (bicyclic) bond motifs is 1. The van der Waals surface area contributed by atoms with Crippen molar-refractivity contribution < 1.29 is 9.84 Å². The summed E-state index contributed by atoms with van der Waals surface area (Å²) in [5, 5.41) is 15.7. The molecule has 0 saturated heterocycles. The lowest BCUT2D eigenvalue weighted by Gasteiger charge is -2.15. The molecular formula is C19H18ClN5O2. The Morgan fingerprint density at radius 2 is 2.04 bits per heavy atom. The summed E-state index contributed by atoms with van der Waals surface area (Å²) in [5.41, 5.74) is 11.5. The summed E-state index contributed by atoms with van der Waals surface area (Å²) in [4.78, 5) is 8.79. The number of benzene rings is 2. The van der Waals surface area contributed by atoms with Crippen LogP contribution in [0.3, 0.4) is 0 Å². The minimum atomic E-state index is -0.604. The SMILES string of the molecule is COc1cc(C2C=NNC2)cc2c(O)nc(C(N)c3ccc(Cl)cc3)nc12. The average molecular weight is 384 g/mol. The topological polar surface area (TPSA) is 106 Å². The van der Waals surface area contributed by atoms with Gasteiger partial charge in [0.25, 0.3) is 0 Å². The van der Waals surface area contributed by atoms with E-state index in [4.69, 9.17) is 22.1 Å². The third-order valence-electron chi connectivity index (χ3n) is 4.60. The Balaban J connectivity index is 1.81. The standard InChI is InChI=1S/C19H18ClN5O2/c1-27-15-7-11(12-8-22-23-9-12)6-14-17(15)24-18(25-19(14)26)16(21)10-2-4-13(20)5-3-10/h2-8,12,16,23H,9,21H2,1H3,(H,24,25,26). The van der Waals surface area contributed by atoms with E-state index in [0.29, 0.717) is 34.0 Å². The van der Waals surface area contributed by atoms with Crippen LogP contribution in [0.15, 0.2) is 41.5 Å². The number of hydrazone groups is 1. The predicted octanol–water partition coefficient (Wildman–Crippen LogP) is 2.72. The summed E-state index contributed by atoms with van der Waals surface area (Å²) in [6, 6.07) is 10.3. The quantitative estimate of drug-likeness (QED) is 0.639. The molecular weight excluding hydrogens is 366 g/mol. The molecule has 2 unspecified atom stereocenters. The van der Waals surface area contributed by atoms with Crippen molar-refractivity contribution >= 4 is 28.7 Å². The Morgan fingerprint density at radius 3 is 2.70 bits per heavy atom. The zero-order valence-electron chi connectivity index (χ0n) is 14.6. The molecule has 0 spiro atoms. The van der Waals surface area contributed by atoms with Gasteiger partial charge in [0.05, 0.1) is 18.5 Å². The van der Waals surface area contributed by atoms with Crippen LogP contribution in [0.4, 0.5) is 0 Å². The van der Waals surface area contributed by atoms with Gasteiger partial charge in [0.2, 0.25) is 5.88 Å². The molecule has 0 saturated carbocycles. The third kappa shape index (κ3) is 3.27. The van der Waals surface area contributed by atoms with Crippen molar-refractivity contribution in [1.29, 1.82) is 0 Å². The maximum atomic E-state index is 10.5. The normalized spacial score (nSPS) is 17.1. The summed E-state index contributed by atoms with van der Waals surface area (Å²) >= 11 is 5.93. The largest absolute Gasteiger partial charge is 0.494 e. The maximum Gasteiger partial charge on any atom is 0.222 e. The fraction of sp³-hybridized carbons (Fsp3) is 0.211. The first kappa shape index (κ1) is 17.5. The van der Waals surface area contributed by atoms with Gasteiger partial charge in [0.15, 0.2) is 5.82 Å². The van der Waals surface area contributed by atoms with E-state index >= 15 is 0 Å². The van der Waals surface area contributed by atoms with Gasteiger partial charge in [-0.15, -0.1) is 0 Å². The summed E-state index contributed by atoms with van der Waals surface area (Å²) < 4.78 is 5.51. The van der Waals surface area contributed by atoms with E-state index in [2.05, 4.69) is 20.5 Å². The van der Waals surface area contributed by atoms with Crippen molar-refractivity contribution in [3.63, 3.8) is 0 Å². The molecule has 1 aliphatic rings. The first-order valence-corrected chi connectivity index (χ1v) is 8.80. The molecule has 3 aromatic rings. The molecule has 138 valence electrons. The molecule has 0 amide bonds. The van der Waals surface area contributed by atoms with E-state index in [1.807, 2.05) is 30.5 Å². The zero-order valence-corrected chi connectivity index (χ0v) is 15.3. The second-order valence-electron chi connectivity index (χ2n) is 6.30. The highest BCUT2D eigenvalue weighted by molar-refractivity contribution is 6.30. The number of methoxy groups -OCH3 is 1. The number of nitrogens with one attached hydrogen (secondary N) is 1. The van der Waals surface area contributed by atoms with E-state index in [1.54, 1.807) is 19.2 Å². The second-order valence-corrected chi connectivity index (χ2v) is 6.74. The van der Waals surface area contributed by atoms with E-state index in [1.165, 1.54) is 0 Å². The molecule has 2 atom stereocenters. The van der Waals surface area contributed by atoms with Crippen molar-refractivity contribution in [3.05, 3.63) is 58.4 Å². The van der Waals surface area contributed by atoms with Crippen LogP contribution in [0.2, 0.25) is 5.02 Å². The monoisotopic (exact) mass is 383 g/mol. The Hall–Kier alpha value is -2.90. The van der Waals surface area contributed by atoms with Gasteiger partial charge in [-0.05, 0) is 35.4 Å². The van der Waals surface area contributed by atoms with Crippen LogP contribution in [-0.4, -0.2) is 34.9 Å². The van der Waals surface area contributed by atoms with Crippen LogP contribution in [-0.2, 0) is 0 Å². The molecule has 7 nitrogen and oxygen atoms in total. The number of halogens is 1. The van der Waals surface area contributed by atoms with Crippen molar-refractivity contribution in [2.24, 2.45) is 10.8 Å². The van der Waals surface area contributed by atoms with Gasteiger partial charge in [0.1, 0.15) is 11.3 Å². The van der Waals surface area contributed by atoms with Gasteiger partial charge < -0.3 is 21.0 Å². The lowest BCUT2D eigenvalue weighted by molar-refractivity contribution is 0.416. The number of hydrogen-bond donors (Lipinski definition) is 3. The van der Waals surface area contributed by atoms with E-state index in [9.17, 15) is 5.11 Å². The van der Waals surface area contributed by atoms with Gasteiger partial charge in [0, 0.05) is 23.7 Å². The number of nitrogens with two attached hydrogens (primary N) is 1. The van der Waals surface area contributed by atoms with Crippen molar-refractivity contribution in [1.82, 2.24) is 15.4 Å². The van der Waals surface area contributed by atoms with E-state index in [-0.39, 0.29) is 11.8 Å². The molecule has 0 bridgehead atoms. The van der Waals surface area contributed by atoms with Crippen LogP contribution in [0.1, 0.15) is 28.9 Å². The van der Waals surface area contributed by atoms with E-state index in [0.717, 1.165) is 11.1 Å². The summed E-state index contributed by atoms with van der Waals surface area (Å²) in [7, 11) is 1.57. The van der Waals surface area contributed by atoms with Gasteiger partial charge in [-0.3, -0.25) is 0 Å². The molecule has 27 heavy (non-hydrogen) atoms. The number of aromatic hydroxyl groups is 1. The fourth-order valence-electron chi connectivity index (χ4n) is 3.10. The Kier molecular flexibility index (Phi) is 4.55. The van der Waals surface area contributed by atoms with Crippen LogP contribution in [0, 0.1) is 0 Å². The molecule has 2 heterocycles. The van der Waals surface area contributed by atoms with Crippen LogP contribution in [0.5, 0.6) is 11.6 Å². The van der Waals surface area contributed by atoms with Crippen molar-refractivity contribution in [2.45, 2.75) is 12.0 Å². The molecule has 4 N–H and O–H groups in total. The van der Waals surface area contributed by atoms with Gasteiger partial charge in [-0.1, -0.05) is 23.7 Å². The summed E-state index contributed by atoms with van der Waals surface area (Å²) in [6.07, 6.45) is 1.82. The molecule has 2 aromatic carbocycles. The minimum Gasteiger partial charge on any atom is -0.494 e. The molecule has 4 rings (SSSR count). The Morgan fingerprint density at radius 1 is 1.26 bits per heavy atom. The molecule has 0 radical (unpaired) electrons. The van der Waals surface area contributed by atoms with Crippen LogP contribution in [0.25, 0.3) is 10.9 Å². The Labute approximate surface area is 160 Å². The number of aromatic nitrogens is 2. The minimum absolute atomic E-state index is 0.0960. The number of hydrogen-bond acceptors (Lipinski definition) is 7. The van der Waals surface area contributed by atoms with E-state index < -0.39 is 6.04 Å². The Bertz CT molecular complexity index is 1020. The molecule has 1 aromatic heterocycles. The first-order chi connectivity index (χ1) is 13.1. The average Bonchev–Trinajstić information content (AvgIpc) is 3.22. The highest BCUT2D eigenvalue weighted by atomic mass is 35.5. The number of ether oxygens (including phenoxy) is 1. The first-order valence-electron chi connectivity index (χ1n) is 8.42. The van der Waals surface area contributed by atoms with Gasteiger partial charge >= 0.3 is 0 Å². The predicted molar refractivity (Wildman–Crippen MR) is 104 cm³/mol. The molecule has 0 aliphatic carbocycles. The number of rotatable bonds is 4.